The summed E-state index contributed by atoms with van der Waals surface area (Å²) in [6.45, 7) is 3.62. The van der Waals surface area contributed by atoms with E-state index in [9.17, 15) is 31.1 Å². The fourth-order valence-corrected chi connectivity index (χ4v) is 4.97. The number of likely N-dealkylation sites (tertiary alicyclic amines) is 1. The van der Waals surface area contributed by atoms with E-state index < -0.39 is 42.3 Å². The first kappa shape index (κ1) is 28.7. The molecular formula is C25H25F6N5O2S. The first-order chi connectivity index (χ1) is 18.2. The summed E-state index contributed by atoms with van der Waals surface area (Å²) in [6.07, 6.45) is -6.07. The fraction of sp³-hybridized carbons (Fsp3) is 0.440. The molecule has 1 amide bonds. The second-order valence-electron chi connectivity index (χ2n) is 9.36. The lowest BCUT2D eigenvalue weighted by atomic mass is 9.99. The number of alkyl halides is 6. The van der Waals surface area contributed by atoms with Gasteiger partial charge in [0.25, 0.3) is 5.91 Å². The Morgan fingerprint density at radius 3 is 2.38 bits per heavy atom. The highest BCUT2D eigenvalue weighted by Gasteiger charge is 2.46. The van der Waals surface area contributed by atoms with E-state index in [1.54, 1.807) is 25.3 Å². The molecular weight excluding hydrogens is 548 g/mol. The van der Waals surface area contributed by atoms with Crippen molar-refractivity contribution in [1.82, 2.24) is 25.2 Å². The van der Waals surface area contributed by atoms with Gasteiger partial charge in [-0.3, -0.25) is 9.69 Å². The number of ether oxygens (including phenoxy) is 1. The second kappa shape index (κ2) is 11.1. The van der Waals surface area contributed by atoms with Crippen molar-refractivity contribution in [3.63, 3.8) is 0 Å². The standard InChI is InChI=1S/C25H25F6N5O2S/c1-13-10-32-22(39-13)16-6-15(21(37)35-14(2)17-11-33-23(34-12-17)25(29,30)31)7-19(8-16)38-18-4-5-36(3)20(9-18)24(26,27)28/h6-8,10-12,14,18,20H,4-5,9H2,1-3H3,(H,35,37). The van der Waals surface area contributed by atoms with Gasteiger partial charge in [0.1, 0.15) is 22.9 Å². The smallest absolute Gasteiger partial charge is 0.451 e. The molecule has 0 spiro atoms. The number of amides is 1. The van der Waals surface area contributed by atoms with E-state index >= 15 is 0 Å². The number of hydrogen-bond acceptors (Lipinski definition) is 7. The number of aromatic nitrogens is 3. The Kier molecular flexibility index (Phi) is 8.17. The van der Waals surface area contributed by atoms with E-state index in [1.165, 1.54) is 29.4 Å². The van der Waals surface area contributed by atoms with Crippen molar-refractivity contribution in [2.24, 2.45) is 0 Å². The minimum atomic E-state index is -4.69. The maximum atomic E-state index is 13.5. The molecule has 1 aliphatic heterocycles. The summed E-state index contributed by atoms with van der Waals surface area (Å²) in [5.74, 6) is -1.65. The first-order valence-corrected chi connectivity index (χ1v) is 12.7. The molecule has 4 rings (SSSR count). The van der Waals surface area contributed by atoms with Gasteiger partial charge in [-0.05, 0) is 45.5 Å². The molecule has 3 heterocycles. The fourth-order valence-electron chi connectivity index (χ4n) is 4.21. The van der Waals surface area contributed by atoms with E-state index in [-0.39, 0.29) is 29.8 Å². The molecule has 0 radical (unpaired) electrons. The Bertz CT molecular complexity index is 1310. The van der Waals surface area contributed by atoms with Gasteiger partial charge in [0, 0.05) is 53.1 Å². The van der Waals surface area contributed by atoms with Crippen molar-refractivity contribution in [3.05, 3.63) is 58.6 Å². The summed E-state index contributed by atoms with van der Waals surface area (Å²) in [7, 11) is 1.42. The third kappa shape index (κ3) is 7.04. The van der Waals surface area contributed by atoms with Gasteiger partial charge in [-0.1, -0.05) is 0 Å². The van der Waals surface area contributed by atoms with Crippen molar-refractivity contribution in [1.29, 1.82) is 0 Å². The molecule has 3 unspecified atom stereocenters. The lowest BCUT2D eigenvalue weighted by Crippen LogP contribution is -2.51. The molecule has 1 saturated heterocycles. The molecule has 14 heteroatoms. The number of hydrogen-bond donors (Lipinski definition) is 1. The van der Waals surface area contributed by atoms with Crippen LogP contribution in [0.25, 0.3) is 10.6 Å². The number of aryl methyl sites for hydroxylation is 1. The van der Waals surface area contributed by atoms with Crippen LogP contribution in [-0.2, 0) is 6.18 Å². The Labute approximate surface area is 224 Å². The number of rotatable bonds is 6. The van der Waals surface area contributed by atoms with Crippen molar-refractivity contribution >= 4 is 17.2 Å². The highest BCUT2D eigenvalue weighted by Crippen LogP contribution is 2.35. The maximum absolute atomic E-state index is 13.5. The van der Waals surface area contributed by atoms with Gasteiger partial charge in [-0.25, -0.2) is 15.0 Å². The highest BCUT2D eigenvalue weighted by atomic mass is 32.1. The lowest BCUT2D eigenvalue weighted by Gasteiger charge is -2.38. The molecule has 0 bridgehead atoms. The van der Waals surface area contributed by atoms with Gasteiger partial charge in [0.05, 0.1) is 6.04 Å². The Balaban J connectivity index is 1.57. The third-order valence-electron chi connectivity index (χ3n) is 6.31. The van der Waals surface area contributed by atoms with Gasteiger partial charge in [0.15, 0.2) is 0 Å². The molecule has 7 nitrogen and oxygen atoms in total. The predicted molar refractivity (Wildman–Crippen MR) is 131 cm³/mol. The van der Waals surface area contributed by atoms with Gasteiger partial charge in [-0.15, -0.1) is 11.3 Å². The normalized spacial score (nSPS) is 19.5. The molecule has 1 fully saturated rings. The van der Waals surface area contributed by atoms with Crippen LogP contribution in [0.3, 0.4) is 0 Å². The second-order valence-corrected chi connectivity index (χ2v) is 10.6. The molecule has 1 aliphatic rings. The molecule has 2 aromatic heterocycles. The van der Waals surface area contributed by atoms with Crippen molar-refractivity contribution < 1.29 is 35.9 Å². The molecule has 1 N–H and O–H groups in total. The van der Waals surface area contributed by atoms with Crippen LogP contribution < -0.4 is 10.1 Å². The van der Waals surface area contributed by atoms with Gasteiger partial charge in [0.2, 0.25) is 5.82 Å². The number of carbonyl (C=O) groups is 1. The zero-order chi connectivity index (χ0) is 28.5. The summed E-state index contributed by atoms with van der Waals surface area (Å²) in [4.78, 5) is 26.3. The molecule has 3 atom stereocenters. The first-order valence-electron chi connectivity index (χ1n) is 11.9. The summed E-state index contributed by atoms with van der Waals surface area (Å²) < 4.78 is 84.7. The van der Waals surface area contributed by atoms with Crippen LogP contribution in [0.2, 0.25) is 0 Å². The monoisotopic (exact) mass is 573 g/mol. The van der Waals surface area contributed by atoms with Crippen LogP contribution in [0.4, 0.5) is 26.3 Å². The predicted octanol–water partition coefficient (Wildman–Crippen LogP) is 5.82. The number of halogens is 6. The number of nitrogens with zero attached hydrogens (tertiary/aromatic N) is 4. The van der Waals surface area contributed by atoms with Crippen LogP contribution in [0.15, 0.2) is 36.8 Å². The van der Waals surface area contributed by atoms with Gasteiger partial charge < -0.3 is 10.1 Å². The number of thiazole rings is 1. The Morgan fingerprint density at radius 1 is 1.10 bits per heavy atom. The maximum Gasteiger partial charge on any atom is 0.451 e. The third-order valence-corrected chi connectivity index (χ3v) is 7.27. The zero-order valence-corrected chi connectivity index (χ0v) is 21.9. The van der Waals surface area contributed by atoms with Crippen molar-refractivity contribution in [2.75, 3.05) is 13.6 Å². The number of piperidine rings is 1. The molecule has 1 aromatic carbocycles. The Morgan fingerprint density at radius 2 is 1.79 bits per heavy atom. The van der Waals surface area contributed by atoms with Crippen LogP contribution in [0, 0.1) is 6.92 Å². The summed E-state index contributed by atoms with van der Waals surface area (Å²) in [5, 5.41) is 3.28. The van der Waals surface area contributed by atoms with E-state index in [0.717, 1.165) is 17.3 Å². The molecule has 3 aromatic rings. The zero-order valence-electron chi connectivity index (χ0n) is 21.1. The lowest BCUT2D eigenvalue weighted by molar-refractivity contribution is -0.194. The summed E-state index contributed by atoms with van der Waals surface area (Å²) in [6, 6.07) is 2.25. The van der Waals surface area contributed by atoms with Crippen LogP contribution >= 0.6 is 11.3 Å². The van der Waals surface area contributed by atoms with Crippen LogP contribution in [0.5, 0.6) is 5.75 Å². The summed E-state index contributed by atoms with van der Waals surface area (Å²) >= 11 is 1.37. The quantitative estimate of drug-likeness (QED) is 0.375. The van der Waals surface area contributed by atoms with Crippen LogP contribution in [-0.4, -0.2) is 57.7 Å². The number of benzene rings is 1. The molecule has 0 saturated carbocycles. The van der Waals surface area contributed by atoms with Crippen molar-refractivity contribution in [2.45, 2.75) is 57.2 Å². The van der Waals surface area contributed by atoms with E-state index in [2.05, 4.69) is 20.3 Å². The minimum Gasteiger partial charge on any atom is -0.490 e. The highest BCUT2D eigenvalue weighted by molar-refractivity contribution is 7.14. The SMILES string of the molecule is Cc1cnc(-c2cc(OC3CCN(C)C(C(F)(F)F)C3)cc(C(=O)NC(C)c3cnc(C(F)(F)F)nc3)c2)s1. The van der Waals surface area contributed by atoms with E-state index in [4.69, 9.17) is 4.74 Å². The van der Waals surface area contributed by atoms with E-state index in [0.29, 0.717) is 17.0 Å². The molecule has 210 valence electrons. The average molecular weight is 574 g/mol. The number of nitrogens with one attached hydrogen (secondary N) is 1. The topological polar surface area (TPSA) is 80.2 Å². The Hall–Kier alpha value is -3.26. The number of carbonyl (C=O) groups excluding carboxylic acids is 1. The van der Waals surface area contributed by atoms with Gasteiger partial charge >= 0.3 is 12.4 Å². The van der Waals surface area contributed by atoms with Crippen LogP contribution in [0.1, 0.15) is 52.4 Å². The molecule has 0 aliphatic carbocycles. The minimum absolute atomic E-state index is 0.148. The van der Waals surface area contributed by atoms with E-state index in [1.807, 2.05) is 6.92 Å². The average Bonchev–Trinajstić information content (AvgIpc) is 3.30. The summed E-state index contributed by atoms with van der Waals surface area (Å²) in [5.41, 5.74) is 0.945. The largest absolute Gasteiger partial charge is 0.490 e. The van der Waals surface area contributed by atoms with Gasteiger partial charge in [-0.2, -0.15) is 26.3 Å². The van der Waals surface area contributed by atoms with Crippen molar-refractivity contribution in [3.8, 4) is 16.3 Å². The molecule has 39 heavy (non-hydrogen) atoms.